The van der Waals surface area contributed by atoms with E-state index in [9.17, 15) is 4.79 Å². The maximum Gasteiger partial charge on any atom is 0.255 e. The number of hydrogen-bond donors (Lipinski definition) is 2. The summed E-state index contributed by atoms with van der Waals surface area (Å²) in [6, 6.07) is 6.27. The van der Waals surface area contributed by atoms with Gasteiger partial charge in [-0.05, 0) is 24.6 Å². The predicted octanol–water partition coefficient (Wildman–Crippen LogP) is 2.88. The van der Waals surface area contributed by atoms with Gasteiger partial charge in [0.2, 0.25) is 0 Å². The number of hydrogen-bond acceptors (Lipinski definition) is 3. The van der Waals surface area contributed by atoms with Crippen LogP contribution < -0.4 is 5.56 Å². The summed E-state index contributed by atoms with van der Waals surface area (Å²) in [6.45, 7) is 4.24. The van der Waals surface area contributed by atoms with Crippen molar-refractivity contribution in [3.05, 3.63) is 61.9 Å². The van der Waals surface area contributed by atoms with Gasteiger partial charge in [-0.3, -0.25) is 9.69 Å². The van der Waals surface area contributed by atoms with Crippen molar-refractivity contribution in [2.75, 3.05) is 6.54 Å². The van der Waals surface area contributed by atoms with Gasteiger partial charge in [-0.2, -0.15) is 0 Å². The number of benzene rings is 1. The Hall–Kier alpha value is -1.92. The summed E-state index contributed by atoms with van der Waals surface area (Å²) in [7, 11) is 0. The van der Waals surface area contributed by atoms with E-state index >= 15 is 0 Å². The second-order valence-electron chi connectivity index (χ2n) is 6.04. The van der Waals surface area contributed by atoms with Crippen LogP contribution in [0.5, 0.6) is 0 Å². The van der Waals surface area contributed by atoms with Crippen LogP contribution in [-0.4, -0.2) is 26.4 Å². The van der Waals surface area contributed by atoms with Gasteiger partial charge in [-0.1, -0.05) is 22.0 Å². The lowest BCUT2D eigenvalue weighted by molar-refractivity contribution is 0.242. The number of aromatic nitrogens is 3. The third-order valence-corrected chi connectivity index (χ3v) is 4.88. The molecule has 5 nitrogen and oxygen atoms in total. The first-order valence-corrected chi connectivity index (χ1v) is 8.46. The highest BCUT2D eigenvalue weighted by Gasteiger charge is 2.21. The number of H-pyrrole nitrogens is 2. The molecule has 0 atom stereocenters. The maximum atomic E-state index is 12.1. The van der Waals surface area contributed by atoms with Crippen LogP contribution >= 0.6 is 15.9 Å². The number of nitrogens with one attached hydrogen (secondary N) is 2. The molecule has 0 amide bonds. The SMILES string of the molecule is Cc1nc2c(c(=O)[nH]1)CN(Cc1c[nH]c3cc(Br)ccc13)CC2. The summed E-state index contributed by atoms with van der Waals surface area (Å²) in [5, 5.41) is 1.23. The molecule has 3 aromatic rings. The normalized spacial score (nSPS) is 15.0. The Labute approximate surface area is 141 Å². The molecular weight excluding hydrogens is 356 g/mol. The highest BCUT2D eigenvalue weighted by molar-refractivity contribution is 9.10. The lowest BCUT2D eigenvalue weighted by Crippen LogP contribution is -2.35. The van der Waals surface area contributed by atoms with Crippen LogP contribution in [0.25, 0.3) is 10.9 Å². The van der Waals surface area contributed by atoms with E-state index in [0.717, 1.165) is 40.8 Å². The monoisotopic (exact) mass is 372 g/mol. The quantitative estimate of drug-likeness (QED) is 0.726. The molecule has 6 heteroatoms. The van der Waals surface area contributed by atoms with Crippen LogP contribution in [0, 0.1) is 6.92 Å². The Morgan fingerprint density at radius 2 is 2.26 bits per heavy atom. The number of fused-ring (bicyclic) bond motifs is 2. The third-order valence-electron chi connectivity index (χ3n) is 4.39. The van der Waals surface area contributed by atoms with E-state index < -0.39 is 0 Å². The highest BCUT2D eigenvalue weighted by Crippen LogP contribution is 2.24. The summed E-state index contributed by atoms with van der Waals surface area (Å²) in [5.74, 6) is 0.699. The summed E-state index contributed by atoms with van der Waals surface area (Å²) < 4.78 is 1.07. The molecule has 0 bridgehead atoms. The van der Waals surface area contributed by atoms with Gasteiger partial charge >= 0.3 is 0 Å². The molecule has 1 aliphatic rings. The van der Waals surface area contributed by atoms with E-state index in [1.807, 2.05) is 6.92 Å². The standard InChI is InChI=1S/C17H17BrN4O/c1-10-20-15-4-5-22(9-14(15)17(23)21-10)8-11-7-19-16-6-12(18)2-3-13(11)16/h2-3,6-7,19H,4-5,8-9H2,1H3,(H,20,21,23). The van der Waals surface area contributed by atoms with Gasteiger partial charge in [0.25, 0.3) is 5.56 Å². The summed E-state index contributed by atoms with van der Waals surface area (Å²) in [4.78, 5) is 25.1. The molecule has 1 aliphatic heterocycles. The van der Waals surface area contributed by atoms with Gasteiger partial charge in [0.05, 0.1) is 11.3 Å². The molecule has 0 spiro atoms. The lowest BCUT2D eigenvalue weighted by atomic mass is 10.1. The fourth-order valence-corrected chi connectivity index (χ4v) is 3.63. The molecule has 0 unspecified atom stereocenters. The molecule has 2 aromatic heterocycles. The van der Waals surface area contributed by atoms with Gasteiger partial charge in [0, 0.05) is 47.6 Å². The van der Waals surface area contributed by atoms with Crippen molar-refractivity contribution in [1.82, 2.24) is 19.9 Å². The van der Waals surface area contributed by atoms with Crippen molar-refractivity contribution in [2.45, 2.75) is 26.4 Å². The summed E-state index contributed by atoms with van der Waals surface area (Å²) in [6.07, 6.45) is 2.89. The minimum absolute atomic E-state index is 0.0000530. The number of nitrogens with zero attached hydrogens (tertiary/aromatic N) is 2. The van der Waals surface area contributed by atoms with E-state index in [-0.39, 0.29) is 5.56 Å². The molecule has 1 aromatic carbocycles. The van der Waals surface area contributed by atoms with Crippen LogP contribution in [0.2, 0.25) is 0 Å². The largest absolute Gasteiger partial charge is 0.361 e. The molecule has 4 rings (SSSR count). The average molecular weight is 373 g/mol. The number of aromatic amines is 2. The highest BCUT2D eigenvalue weighted by atomic mass is 79.9. The zero-order valence-electron chi connectivity index (χ0n) is 12.8. The molecule has 2 N–H and O–H groups in total. The van der Waals surface area contributed by atoms with Gasteiger partial charge in [0.1, 0.15) is 5.82 Å². The van der Waals surface area contributed by atoms with Crippen LogP contribution in [0.3, 0.4) is 0 Å². The van der Waals surface area contributed by atoms with E-state index in [0.29, 0.717) is 12.4 Å². The Morgan fingerprint density at radius 3 is 3.13 bits per heavy atom. The maximum absolute atomic E-state index is 12.1. The smallest absolute Gasteiger partial charge is 0.255 e. The minimum atomic E-state index is 0.0000530. The molecule has 118 valence electrons. The summed E-state index contributed by atoms with van der Waals surface area (Å²) >= 11 is 3.50. The second-order valence-corrected chi connectivity index (χ2v) is 6.96. The molecule has 0 aliphatic carbocycles. The lowest BCUT2D eigenvalue weighted by Gasteiger charge is -2.27. The summed E-state index contributed by atoms with van der Waals surface area (Å²) in [5.41, 5.74) is 4.14. The number of aryl methyl sites for hydroxylation is 1. The van der Waals surface area contributed by atoms with E-state index in [4.69, 9.17) is 0 Å². The third kappa shape index (κ3) is 2.72. The van der Waals surface area contributed by atoms with Gasteiger partial charge in [0.15, 0.2) is 0 Å². The first-order chi connectivity index (χ1) is 11.1. The molecule has 23 heavy (non-hydrogen) atoms. The first kappa shape index (κ1) is 14.7. The fourth-order valence-electron chi connectivity index (χ4n) is 3.27. The Bertz CT molecular complexity index is 943. The Morgan fingerprint density at radius 1 is 1.39 bits per heavy atom. The predicted molar refractivity (Wildman–Crippen MR) is 93.4 cm³/mol. The van der Waals surface area contributed by atoms with Gasteiger partial charge in [-0.15, -0.1) is 0 Å². The van der Waals surface area contributed by atoms with Crippen LogP contribution in [0.1, 0.15) is 22.6 Å². The van der Waals surface area contributed by atoms with Crippen LogP contribution in [-0.2, 0) is 19.5 Å². The van der Waals surface area contributed by atoms with E-state index in [2.05, 4.69) is 60.2 Å². The average Bonchev–Trinajstić information content (AvgIpc) is 2.90. The zero-order valence-corrected chi connectivity index (χ0v) is 14.4. The van der Waals surface area contributed by atoms with Gasteiger partial charge in [-0.25, -0.2) is 4.98 Å². The molecule has 0 saturated heterocycles. The number of rotatable bonds is 2. The second kappa shape index (κ2) is 5.62. The van der Waals surface area contributed by atoms with Crippen molar-refractivity contribution in [2.24, 2.45) is 0 Å². The molecule has 0 radical (unpaired) electrons. The fraction of sp³-hybridized carbons (Fsp3) is 0.294. The van der Waals surface area contributed by atoms with E-state index in [1.165, 1.54) is 10.9 Å². The van der Waals surface area contributed by atoms with Crippen molar-refractivity contribution < 1.29 is 0 Å². The molecule has 3 heterocycles. The zero-order chi connectivity index (χ0) is 16.0. The molecule has 0 saturated carbocycles. The Balaban J connectivity index is 1.61. The van der Waals surface area contributed by atoms with Gasteiger partial charge < -0.3 is 9.97 Å². The molecule has 0 fully saturated rings. The van der Waals surface area contributed by atoms with Crippen molar-refractivity contribution in [1.29, 1.82) is 0 Å². The minimum Gasteiger partial charge on any atom is -0.361 e. The Kier molecular flexibility index (Phi) is 3.58. The van der Waals surface area contributed by atoms with Crippen molar-refractivity contribution in [3.8, 4) is 0 Å². The van der Waals surface area contributed by atoms with E-state index in [1.54, 1.807) is 0 Å². The van der Waals surface area contributed by atoms with Crippen molar-refractivity contribution >= 4 is 26.8 Å². The first-order valence-electron chi connectivity index (χ1n) is 7.67. The van der Waals surface area contributed by atoms with Crippen LogP contribution in [0.4, 0.5) is 0 Å². The van der Waals surface area contributed by atoms with Crippen molar-refractivity contribution in [3.63, 3.8) is 0 Å². The van der Waals surface area contributed by atoms with Crippen LogP contribution in [0.15, 0.2) is 33.7 Å². The topological polar surface area (TPSA) is 64.8 Å². The molecular formula is C17H17BrN4O. The number of halogens is 1.